The van der Waals surface area contributed by atoms with E-state index in [0.29, 0.717) is 11.0 Å². The summed E-state index contributed by atoms with van der Waals surface area (Å²) in [5.74, 6) is -0.359. The average Bonchev–Trinajstić information content (AvgIpc) is 2.05. The molecule has 0 fully saturated rings. The van der Waals surface area contributed by atoms with Gasteiger partial charge < -0.3 is 4.98 Å². The molecule has 0 radical (unpaired) electrons. The minimum absolute atomic E-state index is 0.283. The Labute approximate surface area is 66.9 Å². The third-order valence-electron chi connectivity index (χ3n) is 1.54. The lowest BCUT2D eigenvalue weighted by molar-refractivity contribution is 0.629. The maximum atomic E-state index is 12.6. The molecule has 0 bridgehead atoms. The van der Waals surface area contributed by atoms with Gasteiger partial charge in [-0.2, -0.15) is 0 Å². The monoisotopic (exact) mass is 164 g/mol. The molecule has 0 spiro atoms. The van der Waals surface area contributed by atoms with Crippen LogP contribution in [0.5, 0.6) is 0 Å². The Bertz CT molecular complexity index is 478. The van der Waals surface area contributed by atoms with Gasteiger partial charge in [0.15, 0.2) is 0 Å². The van der Waals surface area contributed by atoms with Crippen LogP contribution in [0, 0.1) is 5.82 Å². The largest absolute Gasteiger partial charge is 0.319 e. The quantitative estimate of drug-likeness (QED) is 0.632. The van der Waals surface area contributed by atoms with Gasteiger partial charge in [-0.1, -0.05) is 0 Å². The van der Waals surface area contributed by atoms with Gasteiger partial charge in [-0.15, -0.1) is 0 Å². The van der Waals surface area contributed by atoms with Gasteiger partial charge >= 0.3 is 0 Å². The fraction of sp³-hybridized carbons (Fsp3) is 0. The summed E-state index contributed by atoms with van der Waals surface area (Å²) < 4.78 is 12.6. The van der Waals surface area contributed by atoms with Crippen LogP contribution in [0.15, 0.2) is 29.2 Å². The molecule has 4 heteroatoms. The Hall–Kier alpha value is -1.71. The van der Waals surface area contributed by atoms with E-state index < -0.39 is 0 Å². The van der Waals surface area contributed by atoms with Crippen LogP contribution in [0.25, 0.3) is 11.0 Å². The van der Waals surface area contributed by atoms with E-state index in [1.807, 2.05) is 0 Å². The summed E-state index contributed by atoms with van der Waals surface area (Å²) in [6.45, 7) is 0. The molecule has 0 aliphatic heterocycles. The van der Waals surface area contributed by atoms with Crippen molar-refractivity contribution < 1.29 is 4.39 Å². The Balaban J connectivity index is 2.87. The van der Waals surface area contributed by atoms with Crippen molar-refractivity contribution in [2.75, 3.05) is 0 Å². The summed E-state index contributed by atoms with van der Waals surface area (Å²) in [6.07, 6.45) is 1.13. The molecule has 1 N–H and O–H groups in total. The Kier molecular flexibility index (Phi) is 1.40. The highest BCUT2D eigenvalue weighted by molar-refractivity contribution is 5.73. The molecule has 0 saturated carbocycles. The number of nitrogens with one attached hydrogen (secondary N) is 1. The van der Waals surface area contributed by atoms with Crippen LogP contribution >= 0.6 is 0 Å². The highest BCUT2D eigenvalue weighted by Crippen LogP contribution is 2.07. The van der Waals surface area contributed by atoms with Gasteiger partial charge in [-0.3, -0.25) is 4.79 Å². The van der Waals surface area contributed by atoms with Gasteiger partial charge in [0.2, 0.25) is 0 Å². The molecular formula is C8H5FN2O. The highest BCUT2D eigenvalue weighted by Gasteiger charge is 1.96. The average molecular weight is 164 g/mol. The number of hydrogen-bond donors (Lipinski definition) is 1. The fourth-order valence-corrected chi connectivity index (χ4v) is 1.01. The van der Waals surface area contributed by atoms with E-state index in [4.69, 9.17) is 0 Å². The third kappa shape index (κ3) is 1.07. The normalized spacial score (nSPS) is 10.4. The number of benzene rings is 1. The van der Waals surface area contributed by atoms with Crippen LogP contribution in [-0.2, 0) is 0 Å². The lowest BCUT2D eigenvalue weighted by atomic mass is 10.3. The molecule has 2 rings (SSSR count). The molecule has 1 aromatic carbocycles. The lowest BCUT2D eigenvalue weighted by Gasteiger charge is -1.94. The number of aromatic nitrogens is 2. The molecule has 1 heterocycles. The first kappa shape index (κ1) is 6.97. The van der Waals surface area contributed by atoms with Crippen molar-refractivity contribution in [3.63, 3.8) is 0 Å². The molecule has 12 heavy (non-hydrogen) atoms. The molecule has 0 aliphatic carbocycles. The van der Waals surface area contributed by atoms with Crippen molar-refractivity contribution in [2.24, 2.45) is 0 Å². The van der Waals surface area contributed by atoms with E-state index in [1.54, 1.807) is 0 Å². The molecular weight excluding hydrogens is 159 g/mol. The minimum atomic E-state index is -0.359. The van der Waals surface area contributed by atoms with Crippen LogP contribution < -0.4 is 5.56 Å². The van der Waals surface area contributed by atoms with Gasteiger partial charge in [0.1, 0.15) is 5.82 Å². The first-order valence-corrected chi connectivity index (χ1v) is 3.40. The van der Waals surface area contributed by atoms with Crippen LogP contribution in [-0.4, -0.2) is 9.97 Å². The van der Waals surface area contributed by atoms with Crippen molar-refractivity contribution in [1.82, 2.24) is 9.97 Å². The predicted octanol–water partition coefficient (Wildman–Crippen LogP) is 1.06. The summed E-state index contributed by atoms with van der Waals surface area (Å²) >= 11 is 0. The van der Waals surface area contributed by atoms with E-state index in [-0.39, 0.29) is 11.4 Å². The Morgan fingerprint density at radius 3 is 3.08 bits per heavy atom. The molecule has 0 aliphatic rings. The molecule has 0 unspecified atom stereocenters. The second kappa shape index (κ2) is 2.41. The number of rotatable bonds is 0. The van der Waals surface area contributed by atoms with Gasteiger partial charge in [-0.25, -0.2) is 9.37 Å². The Morgan fingerprint density at radius 1 is 1.42 bits per heavy atom. The summed E-state index contributed by atoms with van der Waals surface area (Å²) in [7, 11) is 0. The van der Waals surface area contributed by atoms with Gasteiger partial charge in [0, 0.05) is 6.07 Å². The van der Waals surface area contributed by atoms with Crippen LogP contribution in [0.1, 0.15) is 0 Å². The van der Waals surface area contributed by atoms with Crippen LogP contribution in [0.3, 0.4) is 0 Å². The standard InChI is InChI=1S/C8H5FN2O/c9-5-1-2-6-7(3-5)10-4-8(12)11-6/h1-4H,(H,11,12). The maximum Gasteiger partial charge on any atom is 0.266 e. The maximum absolute atomic E-state index is 12.6. The van der Waals surface area contributed by atoms with Gasteiger partial charge in [-0.05, 0) is 12.1 Å². The number of halogens is 1. The smallest absolute Gasteiger partial charge is 0.266 e. The third-order valence-corrected chi connectivity index (χ3v) is 1.54. The topological polar surface area (TPSA) is 45.8 Å². The van der Waals surface area contributed by atoms with E-state index in [1.165, 1.54) is 18.2 Å². The molecule has 0 atom stereocenters. The van der Waals surface area contributed by atoms with Crippen LogP contribution in [0.2, 0.25) is 0 Å². The molecule has 60 valence electrons. The lowest BCUT2D eigenvalue weighted by Crippen LogP contribution is -2.04. The summed E-state index contributed by atoms with van der Waals surface area (Å²) in [6, 6.07) is 4.03. The number of H-pyrrole nitrogens is 1. The van der Waals surface area contributed by atoms with Crippen molar-refractivity contribution in [3.05, 3.63) is 40.6 Å². The van der Waals surface area contributed by atoms with Gasteiger partial charge in [0.05, 0.1) is 17.2 Å². The first-order valence-electron chi connectivity index (χ1n) is 3.40. The van der Waals surface area contributed by atoms with Crippen molar-refractivity contribution in [1.29, 1.82) is 0 Å². The molecule has 0 amide bonds. The fourth-order valence-electron chi connectivity index (χ4n) is 1.01. The molecule has 1 aromatic heterocycles. The highest BCUT2D eigenvalue weighted by atomic mass is 19.1. The number of aromatic amines is 1. The molecule has 0 saturated heterocycles. The van der Waals surface area contributed by atoms with E-state index in [9.17, 15) is 9.18 Å². The Morgan fingerprint density at radius 2 is 2.25 bits per heavy atom. The van der Waals surface area contributed by atoms with Crippen molar-refractivity contribution in [2.45, 2.75) is 0 Å². The first-order chi connectivity index (χ1) is 5.75. The van der Waals surface area contributed by atoms with Crippen molar-refractivity contribution in [3.8, 4) is 0 Å². The predicted molar refractivity (Wildman–Crippen MR) is 42.3 cm³/mol. The number of fused-ring (bicyclic) bond motifs is 1. The second-order valence-corrected chi connectivity index (χ2v) is 2.41. The summed E-state index contributed by atoms with van der Waals surface area (Å²) in [5.41, 5.74) is 0.715. The summed E-state index contributed by atoms with van der Waals surface area (Å²) in [4.78, 5) is 17.0. The number of nitrogens with zero attached hydrogens (tertiary/aromatic N) is 1. The van der Waals surface area contributed by atoms with E-state index >= 15 is 0 Å². The zero-order chi connectivity index (χ0) is 8.55. The van der Waals surface area contributed by atoms with Crippen molar-refractivity contribution >= 4 is 11.0 Å². The van der Waals surface area contributed by atoms with Gasteiger partial charge in [0.25, 0.3) is 5.56 Å². The van der Waals surface area contributed by atoms with E-state index in [0.717, 1.165) is 6.20 Å². The zero-order valence-electron chi connectivity index (χ0n) is 6.04. The second-order valence-electron chi connectivity index (χ2n) is 2.41. The van der Waals surface area contributed by atoms with E-state index in [2.05, 4.69) is 9.97 Å². The zero-order valence-corrected chi connectivity index (χ0v) is 6.04. The molecule has 3 nitrogen and oxygen atoms in total. The minimum Gasteiger partial charge on any atom is -0.319 e. The SMILES string of the molecule is O=c1cnc2cc(F)ccc2[nH]1. The summed E-state index contributed by atoms with van der Waals surface area (Å²) in [5, 5.41) is 0. The molecule has 2 aromatic rings. The number of hydrogen-bond acceptors (Lipinski definition) is 2. The van der Waals surface area contributed by atoms with Crippen LogP contribution in [0.4, 0.5) is 4.39 Å².